The van der Waals surface area contributed by atoms with Crippen LogP contribution in [-0.2, 0) is 6.54 Å². The molecule has 0 aliphatic rings. The molecule has 20 heavy (non-hydrogen) atoms. The standard InChI is InChI=1S/C16H21ClN2O/c1-3-15(18)16(12-6-4-7-13(17)10-12)19(2)11-14-8-5-9-20-14/h4-10,15-16H,3,11,18H2,1-2H3. The van der Waals surface area contributed by atoms with Crippen molar-refractivity contribution in [3.63, 3.8) is 0 Å². The molecule has 2 aromatic rings. The third-order valence-electron chi connectivity index (χ3n) is 3.53. The summed E-state index contributed by atoms with van der Waals surface area (Å²) in [5.74, 6) is 0.933. The summed E-state index contributed by atoms with van der Waals surface area (Å²) in [5, 5.41) is 0.738. The highest BCUT2D eigenvalue weighted by molar-refractivity contribution is 6.30. The van der Waals surface area contributed by atoms with Gasteiger partial charge < -0.3 is 10.2 Å². The van der Waals surface area contributed by atoms with E-state index in [9.17, 15) is 0 Å². The topological polar surface area (TPSA) is 42.4 Å². The smallest absolute Gasteiger partial charge is 0.117 e. The summed E-state index contributed by atoms with van der Waals surface area (Å²) in [7, 11) is 2.06. The highest BCUT2D eigenvalue weighted by Crippen LogP contribution is 2.27. The quantitative estimate of drug-likeness (QED) is 0.879. The zero-order valence-corrected chi connectivity index (χ0v) is 12.7. The third kappa shape index (κ3) is 3.63. The van der Waals surface area contributed by atoms with Crippen LogP contribution in [0.2, 0.25) is 5.02 Å². The molecule has 0 amide bonds. The first-order valence-corrected chi connectivity index (χ1v) is 7.23. The normalized spacial score (nSPS) is 14.4. The van der Waals surface area contributed by atoms with Crippen molar-refractivity contribution in [3.05, 3.63) is 59.0 Å². The molecule has 2 unspecified atom stereocenters. The Balaban J connectivity index is 2.23. The van der Waals surface area contributed by atoms with Crippen LogP contribution in [0.5, 0.6) is 0 Å². The van der Waals surface area contributed by atoms with E-state index < -0.39 is 0 Å². The van der Waals surface area contributed by atoms with Gasteiger partial charge in [-0.2, -0.15) is 0 Å². The van der Waals surface area contributed by atoms with Gasteiger partial charge in [-0.05, 0) is 43.3 Å². The summed E-state index contributed by atoms with van der Waals surface area (Å²) >= 11 is 6.11. The molecule has 0 spiro atoms. The van der Waals surface area contributed by atoms with Crippen molar-refractivity contribution >= 4 is 11.6 Å². The lowest BCUT2D eigenvalue weighted by Crippen LogP contribution is -2.38. The van der Waals surface area contributed by atoms with Gasteiger partial charge >= 0.3 is 0 Å². The zero-order chi connectivity index (χ0) is 14.5. The lowest BCUT2D eigenvalue weighted by Gasteiger charge is -2.32. The lowest BCUT2D eigenvalue weighted by atomic mass is 9.96. The fourth-order valence-electron chi connectivity index (χ4n) is 2.49. The van der Waals surface area contributed by atoms with Gasteiger partial charge in [-0.15, -0.1) is 0 Å². The Morgan fingerprint density at radius 1 is 1.30 bits per heavy atom. The number of nitrogens with two attached hydrogens (primary N) is 1. The van der Waals surface area contributed by atoms with Gasteiger partial charge in [0.25, 0.3) is 0 Å². The predicted molar refractivity (Wildman–Crippen MR) is 82.6 cm³/mol. The lowest BCUT2D eigenvalue weighted by molar-refractivity contribution is 0.188. The number of rotatable bonds is 6. The maximum Gasteiger partial charge on any atom is 0.117 e. The van der Waals surface area contributed by atoms with E-state index in [4.69, 9.17) is 21.8 Å². The van der Waals surface area contributed by atoms with E-state index in [1.807, 2.05) is 30.3 Å². The molecule has 1 heterocycles. The minimum atomic E-state index is 0.0495. The van der Waals surface area contributed by atoms with Gasteiger partial charge in [-0.25, -0.2) is 0 Å². The summed E-state index contributed by atoms with van der Waals surface area (Å²) in [6.07, 6.45) is 2.59. The van der Waals surface area contributed by atoms with Gasteiger partial charge in [0, 0.05) is 11.1 Å². The van der Waals surface area contributed by atoms with Crippen molar-refractivity contribution < 1.29 is 4.42 Å². The van der Waals surface area contributed by atoms with E-state index in [0.717, 1.165) is 29.3 Å². The van der Waals surface area contributed by atoms with Crippen molar-refractivity contribution in [2.24, 2.45) is 5.73 Å². The van der Waals surface area contributed by atoms with Crippen LogP contribution in [0.4, 0.5) is 0 Å². The van der Waals surface area contributed by atoms with E-state index in [1.54, 1.807) is 6.26 Å². The molecule has 3 nitrogen and oxygen atoms in total. The first-order chi connectivity index (χ1) is 9.61. The number of furan rings is 1. The molecule has 0 aliphatic heterocycles. The third-order valence-corrected chi connectivity index (χ3v) is 3.76. The van der Waals surface area contributed by atoms with Crippen LogP contribution >= 0.6 is 11.6 Å². The monoisotopic (exact) mass is 292 g/mol. The van der Waals surface area contributed by atoms with E-state index in [-0.39, 0.29) is 12.1 Å². The number of hydrogen-bond acceptors (Lipinski definition) is 3. The van der Waals surface area contributed by atoms with Crippen LogP contribution in [0.25, 0.3) is 0 Å². The van der Waals surface area contributed by atoms with E-state index in [2.05, 4.69) is 24.9 Å². The molecule has 108 valence electrons. The molecule has 2 rings (SSSR count). The second kappa shape index (κ2) is 6.93. The van der Waals surface area contributed by atoms with Gasteiger partial charge in [-0.1, -0.05) is 30.7 Å². The highest BCUT2D eigenvalue weighted by atomic mass is 35.5. The van der Waals surface area contributed by atoms with E-state index in [0.29, 0.717) is 0 Å². The number of likely N-dealkylation sites (N-methyl/N-ethyl adjacent to an activating group) is 1. The molecule has 0 saturated heterocycles. The first-order valence-electron chi connectivity index (χ1n) is 6.85. The van der Waals surface area contributed by atoms with Crippen LogP contribution in [0, 0.1) is 0 Å². The van der Waals surface area contributed by atoms with Crippen LogP contribution in [0.1, 0.15) is 30.7 Å². The Morgan fingerprint density at radius 2 is 2.10 bits per heavy atom. The van der Waals surface area contributed by atoms with Gasteiger partial charge in [0.2, 0.25) is 0 Å². The Bertz CT molecular complexity index is 527. The molecular weight excluding hydrogens is 272 g/mol. The van der Waals surface area contributed by atoms with Crippen LogP contribution in [0.3, 0.4) is 0 Å². The molecule has 2 atom stereocenters. The maximum atomic E-state index is 6.31. The van der Waals surface area contributed by atoms with Crippen molar-refractivity contribution in [1.29, 1.82) is 0 Å². The Labute approximate surface area is 125 Å². The molecule has 1 aromatic carbocycles. The molecule has 2 N–H and O–H groups in total. The maximum absolute atomic E-state index is 6.31. The van der Waals surface area contributed by atoms with E-state index >= 15 is 0 Å². The summed E-state index contributed by atoms with van der Waals surface area (Å²) in [5.41, 5.74) is 7.45. The first kappa shape index (κ1) is 15.1. The minimum Gasteiger partial charge on any atom is -0.468 e. The summed E-state index contributed by atoms with van der Waals surface area (Å²) in [4.78, 5) is 2.21. The molecule has 4 heteroatoms. The summed E-state index contributed by atoms with van der Waals surface area (Å²) in [6, 6.07) is 11.9. The van der Waals surface area contributed by atoms with Crippen molar-refractivity contribution in [1.82, 2.24) is 4.90 Å². The average Bonchev–Trinajstić information content (AvgIpc) is 2.91. The van der Waals surface area contributed by atoms with Crippen LogP contribution in [-0.4, -0.2) is 18.0 Å². The van der Waals surface area contributed by atoms with Gasteiger partial charge in [0.1, 0.15) is 5.76 Å². The fraction of sp³-hybridized carbons (Fsp3) is 0.375. The predicted octanol–water partition coefficient (Wildman–Crippen LogP) is 3.84. The number of halogens is 1. The van der Waals surface area contributed by atoms with Crippen LogP contribution < -0.4 is 5.73 Å². The number of hydrogen-bond donors (Lipinski definition) is 1. The summed E-state index contributed by atoms with van der Waals surface area (Å²) in [6.45, 7) is 2.82. The molecule has 1 aromatic heterocycles. The number of benzene rings is 1. The van der Waals surface area contributed by atoms with E-state index in [1.165, 1.54) is 0 Å². The second-order valence-electron chi connectivity index (χ2n) is 5.07. The fourth-order valence-corrected chi connectivity index (χ4v) is 2.69. The minimum absolute atomic E-state index is 0.0495. The van der Waals surface area contributed by atoms with Gasteiger partial charge in [-0.3, -0.25) is 4.90 Å². The average molecular weight is 293 g/mol. The molecule has 0 aliphatic carbocycles. The molecule has 0 bridgehead atoms. The zero-order valence-electron chi connectivity index (χ0n) is 11.9. The SMILES string of the molecule is CCC(N)C(c1cccc(Cl)c1)N(C)Cc1ccco1. The second-order valence-corrected chi connectivity index (χ2v) is 5.50. The molecule has 0 saturated carbocycles. The van der Waals surface area contributed by atoms with Crippen molar-refractivity contribution in [2.45, 2.75) is 32.0 Å². The van der Waals surface area contributed by atoms with Crippen molar-refractivity contribution in [3.8, 4) is 0 Å². The Hall–Kier alpha value is -1.29. The molecular formula is C16H21ClN2O. The summed E-state index contributed by atoms with van der Waals surface area (Å²) < 4.78 is 5.42. The van der Waals surface area contributed by atoms with Gasteiger partial charge in [0.05, 0.1) is 18.8 Å². The Kier molecular flexibility index (Phi) is 5.24. The number of nitrogens with zero attached hydrogens (tertiary/aromatic N) is 1. The molecule has 0 fully saturated rings. The molecule has 0 radical (unpaired) electrons. The Morgan fingerprint density at radius 3 is 2.70 bits per heavy atom. The highest BCUT2D eigenvalue weighted by Gasteiger charge is 2.23. The largest absolute Gasteiger partial charge is 0.468 e. The van der Waals surface area contributed by atoms with Crippen molar-refractivity contribution in [2.75, 3.05) is 7.05 Å². The van der Waals surface area contributed by atoms with Gasteiger partial charge in [0.15, 0.2) is 0 Å². The van der Waals surface area contributed by atoms with Crippen LogP contribution in [0.15, 0.2) is 47.1 Å².